The molecular weight excluding hydrogens is 290 g/mol. The lowest BCUT2D eigenvalue weighted by atomic mass is 9.73. The van der Waals surface area contributed by atoms with Crippen molar-refractivity contribution in [1.82, 2.24) is 5.32 Å². The number of amides is 1. The number of carbonyl (C=O) groups excluding carboxylic acids is 1. The summed E-state index contributed by atoms with van der Waals surface area (Å²) in [7, 11) is 0. The molecule has 4 heteroatoms. The van der Waals surface area contributed by atoms with E-state index >= 15 is 0 Å². The van der Waals surface area contributed by atoms with Crippen LogP contribution in [0, 0.1) is 5.92 Å². The van der Waals surface area contributed by atoms with Crippen LogP contribution in [0.25, 0.3) is 10.8 Å². The number of carbonyl (C=O) groups is 2. The monoisotopic (exact) mass is 311 g/mol. The zero-order valence-electron chi connectivity index (χ0n) is 13.2. The fraction of sp³-hybridized carbons (Fsp3) is 0.368. The molecule has 0 heterocycles. The molecule has 120 valence electrons. The molecular formula is C19H21NO3. The molecule has 4 nitrogen and oxygen atoms in total. The van der Waals surface area contributed by atoms with Crippen LogP contribution in [0.2, 0.25) is 0 Å². The van der Waals surface area contributed by atoms with E-state index in [0.717, 1.165) is 23.6 Å². The van der Waals surface area contributed by atoms with Gasteiger partial charge in [-0.15, -0.1) is 0 Å². The highest BCUT2D eigenvalue weighted by Gasteiger charge is 2.42. The summed E-state index contributed by atoms with van der Waals surface area (Å²) < 4.78 is 0. The summed E-state index contributed by atoms with van der Waals surface area (Å²) in [6.45, 7) is 1.85. The van der Waals surface area contributed by atoms with Crippen molar-refractivity contribution in [3.8, 4) is 0 Å². The molecule has 0 bridgehead atoms. The van der Waals surface area contributed by atoms with Gasteiger partial charge in [0.1, 0.15) is 0 Å². The number of rotatable bonds is 3. The first-order valence-electron chi connectivity index (χ1n) is 8.04. The first-order chi connectivity index (χ1) is 11.0. The summed E-state index contributed by atoms with van der Waals surface area (Å²) in [5, 5.41) is 14.5. The fourth-order valence-electron chi connectivity index (χ4n) is 3.54. The van der Waals surface area contributed by atoms with E-state index in [1.165, 1.54) is 0 Å². The Bertz CT molecular complexity index is 755. The minimum atomic E-state index is -0.828. The number of carboxylic acids is 1. The van der Waals surface area contributed by atoms with Gasteiger partial charge in [0.2, 0.25) is 0 Å². The Kier molecular flexibility index (Phi) is 4.07. The van der Waals surface area contributed by atoms with Crippen molar-refractivity contribution in [2.75, 3.05) is 0 Å². The Labute approximate surface area is 135 Å². The average molecular weight is 311 g/mol. The lowest BCUT2D eigenvalue weighted by molar-refractivity contribution is -0.145. The molecule has 1 amide bonds. The number of nitrogens with one attached hydrogen (secondary N) is 1. The molecule has 1 fully saturated rings. The van der Waals surface area contributed by atoms with E-state index in [0.29, 0.717) is 18.4 Å². The molecule has 0 spiro atoms. The smallest absolute Gasteiger partial charge is 0.308 e. The van der Waals surface area contributed by atoms with E-state index in [4.69, 9.17) is 0 Å². The minimum Gasteiger partial charge on any atom is -0.481 e. The number of hydrogen-bond donors (Lipinski definition) is 2. The van der Waals surface area contributed by atoms with Crippen LogP contribution < -0.4 is 5.32 Å². The summed E-state index contributed by atoms with van der Waals surface area (Å²) in [6.07, 6.45) is 3.16. The predicted octanol–water partition coefficient (Wildman–Crippen LogP) is 3.60. The fourth-order valence-corrected chi connectivity index (χ4v) is 3.54. The Morgan fingerprint density at radius 2 is 1.87 bits per heavy atom. The highest BCUT2D eigenvalue weighted by Crippen LogP contribution is 2.34. The molecule has 2 N–H and O–H groups in total. The zero-order valence-corrected chi connectivity index (χ0v) is 13.2. The number of benzene rings is 2. The van der Waals surface area contributed by atoms with Crippen molar-refractivity contribution in [1.29, 1.82) is 0 Å². The molecule has 1 aliphatic rings. The topological polar surface area (TPSA) is 66.4 Å². The normalized spacial score (nSPS) is 24.3. The molecule has 1 aliphatic carbocycles. The molecule has 23 heavy (non-hydrogen) atoms. The van der Waals surface area contributed by atoms with Gasteiger partial charge in [0.05, 0.1) is 11.5 Å². The van der Waals surface area contributed by atoms with E-state index < -0.39 is 17.4 Å². The maximum atomic E-state index is 12.6. The molecule has 0 aliphatic heterocycles. The van der Waals surface area contributed by atoms with Gasteiger partial charge in [-0.2, -0.15) is 0 Å². The van der Waals surface area contributed by atoms with E-state index in [2.05, 4.69) is 5.32 Å². The van der Waals surface area contributed by atoms with Crippen LogP contribution in [0.15, 0.2) is 42.5 Å². The highest BCUT2D eigenvalue weighted by molar-refractivity contribution is 5.99. The van der Waals surface area contributed by atoms with Crippen molar-refractivity contribution in [2.45, 2.75) is 38.1 Å². The van der Waals surface area contributed by atoms with Crippen LogP contribution >= 0.6 is 0 Å². The summed E-state index contributed by atoms with van der Waals surface area (Å²) >= 11 is 0. The molecule has 1 saturated carbocycles. The van der Waals surface area contributed by atoms with Crippen LogP contribution in [0.1, 0.15) is 43.0 Å². The maximum Gasteiger partial charge on any atom is 0.308 e. The summed E-state index contributed by atoms with van der Waals surface area (Å²) in [4.78, 5) is 24.1. The van der Waals surface area contributed by atoms with Gasteiger partial charge in [0, 0.05) is 5.56 Å². The van der Waals surface area contributed by atoms with Crippen LogP contribution in [-0.4, -0.2) is 22.5 Å². The number of fused-ring (bicyclic) bond motifs is 1. The van der Waals surface area contributed by atoms with Crippen LogP contribution in [0.5, 0.6) is 0 Å². The van der Waals surface area contributed by atoms with Gasteiger partial charge in [0.25, 0.3) is 5.91 Å². The summed E-state index contributed by atoms with van der Waals surface area (Å²) in [5.41, 5.74) is -0.119. The standard InChI is InChI=1S/C19H21NO3/c1-19(11-5-4-8-16(19)18(22)23)20-17(21)15-10-9-13-6-2-3-7-14(13)12-15/h2-3,6-7,9-10,12,16H,4-5,8,11H2,1H3,(H,20,21)(H,22,23). The van der Waals surface area contributed by atoms with Crippen LogP contribution in [0.4, 0.5) is 0 Å². The molecule has 0 radical (unpaired) electrons. The van der Waals surface area contributed by atoms with Gasteiger partial charge >= 0.3 is 5.97 Å². The Morgan fingerprint density at radius 1 is 1.13 bits per heavy atom. The second kappa shape index (κ2) is 6.03. The van der Waals surface area contributed by atoms with Gasteiger partial charge in [-0.1, -0.05) is 43.2 Å². The van der Waals surface area contributed by atoms with Gasteiger partial charge in [-0.05, 0) is 42.7 Å². The summed E-state index contributed by atoms with van der Waals surface area (Å²) in [6, 6.07) is 13.4. The van der Waals surface area contributed by atoms with Crippen molar-refractivity contribution < 1.29 is 14.7 Å². The van der Waals surface area contributed by atoms with Crippen molar-refractivity contribution >= 4 is 22.6 Å². The van der Waals surface area contributed by atoms with Crippen molar-refractivity contribution in [2.24, 2.45) is 5.92 Å². The predicted molar refractivity (Wildman–Crippen MR) is 89.4 cm³/mol. The first-order valence-corrected chi connectivity index (χ1v) is 8.04. The molecule has 0 aromatic heterocycles. The second-order valence-electron chi connectivity index (χ2n) is 6.57. The Balaban J connectivity index is 1.85. The number of carboxylic acid groups (broad SMARTS) is 1. The highest BCUT2D eigenvalue weighted by atomic mass is 16.4. The molecule has 2 aromatic rings. The van der Waals surface area contributed by atoms with Crippen molar-refractivity contribution in [3.63, 3.8) is 0 Å². The number of hydrogen-bond acceptors (Lipinski definition) is 2. The van der Waals surface area contributed by atoms with Gasteiger partial charge in [0.15, 0.2) is 0 Å². The quantitative estimate of drug-likeness (QED) is 0.910. The lowest BCUT2D eigenvalue weighted by Gasteiger charge is -2.39. The van der Waals surface area contributed by atoms with Gasteiger partial charge in [-0.3, -0.25) is 9.59 Å². The molecule has 2 atom stereocenters. The SMILES string of the molecule is CC1(NC(=O)c2ccc3ccccc3c2)CCCCC1C(=O)O. The van der Waals surface area contributed by atoms with E-state index in [9.17, 15) is 14.7 Å². The molecule has 0 saturated heterocycles. The summed E-state index contributed by atoms with van der Waals surface area (Å²) in [5.74, 6) is -1.56. The first kappa shape index (κ1) is 15.5. The van der Waals surface area contributed by atoms with Crippen LogP contribution in [0.3, 0.4) is 0 Å². The maximum absolute atomic E-state index is 12.6. The number of aliphatic carboxylic acids is 1. The Morgan fingerprint density at radius 3 is 2.61 bits per heavy atom. The largest absolute Gasteiger partial charge is 0.481 e. The molecule has 2 aromatic carbocycles. The third kappa shape index (κ3) is 3.07. The Hall–Kier alpha value is -2.36. The zero-order chi connectivity index (χ0) is 16.4. The third-order valence-corrected chi connectivity index (χ3v) is 4.92. The van der Waals surface area contributed by atoms with Crippen LogP contribution in [-0.2, 0) is 4.79 Å². The lowest BCUT2D eigenvalue weighted by Crippen LogP contribution is -2.55. The van der Waals surface area contributed by atoms with Gasteiger partial charge in [-0.25, -0.2) is 0 Å². The molecule has 2 unspecified atom stereocenters. The second-order valence-corrected chi connectivity index (χ2v) is 6.57. The average Bonchev–Trinajstić information content (AvgIpc) is 2.54. The van der Waals surface area contributed by atoms with E-state index in [1.54, 1.807) is 6.07 Å². The van der Waals surface area contributed by atoms with E-state index in [-0.39, 0.29) is 5.91 Å². The van der Waals surface area contributed by atoms with Crippen molar-refractivity contribution in [3.05, 3.63) is 48.0 Å². The minimum absolute atomic E-state index is 0.202. The molecule has 3 rings (SSSR count). The third-order valence-electron chi connectivity index (χ3n) is 4.92. The van der Waals surface area contributed by atoms with E-state index in [1.807, 2.05) is 43.3 Å². The van der Waals surface area contributed by atoms with Gasteiger partial charge < -0.3 is 10.4 Å².